The van der Waals surface area contributed by atoms with E-state index in [9.17, 15) is 9.59 Å². The van der Waals surface area contributed by atoms with Crippen molar-refractivity contribution in [3.05, 3.63) is 0 Å². The van der Waals surface area contributed by atoms with E-state index in [0.29, 0.717) is 0 Å². The van der Waals surface area contributed by atoms with Crippen LogP contribution in [0.1, 0.15) is 12.8 Å². The van der Waals surface area contributed by atoms with Crippen LogP contribution in [0.5, 0.6) is 0 Å². The van der Waals surface area contributed by atoms with Gasteiger partial charge in [-0.25, -0.2) is 10.4 Å². The Labute approximate surface area is 70.3 Å². The number of aliphatic carboxylic acids is 1. The molecule has 0 aliphatic carbocycles. The smallest absolute Gasteiger partial charge is 0.318 e. The van der Waals surface area contributed by atoms with Crippen molar-refractivity contribution < 1.29 is 14.7 Å². The van der Waals surface area contributed by atoms with E-state index in [0.717, 1.165) is 25.7 Å². The first-order valence-corrected chi connectivity index (χ1v) is 3.91. The third kappa shape index (κ3) is 2.28. The molecule has 1 saturated heterocycles. The van der Waals surface area contributed by atoms with Gasteiger partial charge in [0.1, 0.15) is 12.8 Å². The van der Waals surface area contributed by atoms with Crippen molar-refractivity contribution in [2.45, 2.75) is 18.9 Å². The molecular weight excluding hydrogens is 160 g/mol. The van der Waals surface area contributed by atoms with Gasteiger partial charge in [-0.05, 0) is 12.8 Å². The summed E-state index contributed by atoms with van der Waals surface area (Å²) in [5.74, 6) is -0.911. The molecule has 1 heterocycles. The van der Waals surface area contributed by atoms with Gasteiger partial charge in [-0.3, -0.25) is 4.79 Å². The monoisotopic (exact) mass is 172 g/mol. The second-order valence-electron chi connectivity index (χ2n) is 2.77. The number of nitrogens with one attached hydrogen (secondary N) is 1. The summed E-state index contributed by atoms with van der Waals surface area (Å²) >= 11 is 0. The van der Waals surface area contributed by atoms with Crippen molar-refractivity contribution >= 4 is 12.3 Å². The predicted octanol–water partition coefficient (Wildman–Crippen LogP) is -0.761. The van der Waals surface area contributed by atoms with Crippen LogP contribution in [0, 0.1) is 0 Å². The van der Waals surface area contributed by atoms with Gasteiger partial charge in [0.05, 0.1) is 6.04 Å². The van der Waals surface area contributed by atoms with Crippen LogP contribution in [0.25, 0.3) is 0 Å². The number of hydrogen-bond donors (Lipinski definition) is 2. The molecule has 68 valence electrons. The molecule has 0 aromatic heterocycles. The number of carboxylic acids is 1. The van der Waals surface area contributed by atoms with E-state index in [1.807, 2.05) is 0 Å². The van der Waals surface area contributed by atoms with E-state index in [4.69, 9.17) is 5.11 Å². The summed E-state index contributed by atoms with van der Waals surface area (Å²) in [7, 11) is 0. The predicted molar refractivity (Wildman–Crippen MR) is 41.4 cm³/mol. The van der Waals surface area contributed by atoms with Crippen LogP contribution < -0.4 is 5.43 Å². The first-order chi connectivity index (χ1) is 5.74. The molecule has 5 nitrogen and oxygen atoms in total. The van der Waals surface area contributed by atoms with Gasteiger partial charge in [0, 0.05) is 6.54 Å². The summed E-state index contributed by atoms with van der Waals surface area (Å²) in [6, 6.07) is -0.149. The summed E-state index contributed by atoms with van der Waals surface area (Å²) in [6.45, 7) is 0.626. The number of hydrazine groups is 1. The first-order valence-electron chi connectivity index (χ1n) is 3.91. The molecule has 1 atom stereocenters. The van der Waals surface area contributed by atoms with Gasteiger partial charge in [0.15, 0.2) is 0 Å². The fourth-order valence-electron chi connectivity index (χ4n) is 1.30. The number of aldehydes is 1. The SMILES string of the molecule is O=C[C@@H]1CCCN1NCC(=O)O. The minimum absolute atomic E-state index is 0.121. The lowest BCUT2D eigenvalue weighted by molar-refractivity contribution is -0.137. The van der Waals surface area contributed by atoms with E-state index in [-0.39, 0.29) is 12.6 Å². The van der Waals surface area contributed by atoms with Gasteiger partial charge in [-0.15, -0.1) is 0 Å². The number of carbonyl (C=O) groups excluding carboxylic acids is 1. The molecule has 1 aliphatic rings. The molecule has 5 heteroatoms. The molecule has 0 unspecified atom stereocenters. The van der Waals surface area contributed by atoms with Crippen LogP contribution in [-0.4, -0.2) is 41.5 Å². The number of nitrogens with zero attached hydrogens (tertiary/aromatic N) is 1. The number of rotatable bonds is 4. The van der Waals surface area contributed by atoms with Crippen LogP contribution in [0.15, 0.2) is 0 Å². The number of carbonyl (C=O) groups is 2. The maximum Gasteiger partial charge on any atom is 0.318 e. The van der Waals surface area contributed by atoms with Gasteiger partial charge >= 0.3 is 5.97 Å². The summed E-state index contributed by atoms with van der Waals surface area (Å²) in [5, 5.41) is 10.0. The minimum atomic E-state index is -0.911. The van der Waals surface area contributed by atoms with Gasteiger partial charge in [-0.1, -0.05) is 0 Å². The Bertz CT molecular complexity index is 183. The average molecular weight is 172 g/mol. The molecule has 12 heavy (non-hydrogen) atoms. The van der Waals surface area contributed by atoms with Gasteiger partial charge in [0.2, 0.25) is 0 Å². The molecule has 1 fully saturated rings. The van der Waals surface area contributed by atoms with E-state index >= 15 is 0 Å². The van der Waals surface area contributed by atoms with Gasteiger partial charge in [0.25, 0.3) is 0 Å². The maximum atomic E-state index is 10.4. The normalized spacial score (nSPS) is 24.2. The Hall–Kier alpha value is -0.940. The largest absolute Gasteiger partial charge is 0.480 e. The Kier molecular flexibility index (Phi) is 3.19. The van der Waals surface area contributed by atoms with E-state index < -0.39 is 5.97 Å². The summed E-state index contributed by atoms with van der Waals surface area (Å²) < 4.78 is 0. The second-order valence-corrected chi connectivity index (χ2v) is 2.77. The molecule has 0 amide bonds. The van der Waals surface area contributed by atoms with E-state index in [1.54, 1.807) is 5.01 Å². The highest BCUT2D eigenvalue weighted by Gasteiger charge is 2.23. The van der Waals surface area contributed by atoms with E-state index in [1.165, 1.54) is 0 Å². The lowest BCUT2D eigenvalue weighted by Gasteiger charge is -2.19. The van der Waals surface area contributed by atoms with Crippen molar-refractivity contribution in [3.63, 3.8) is 0 Å². The average Bonchev–Trinajstić information content (AvgIpc) is 2.47. The van der Waals surface area contributed by atoms with Gasteiger partial charge < -0.3 is 9.90 Å². The van der Waals surface area contributed by atoms with Crippen LogP contribution >= 0.6 is 0 Å². The molecule has 0 aromatic carbocycles. The molecule has 0 saturated carbocycles. The zero-order valence-corrected chi connectivity index (χ0v) is 6.69. The second kappa shape index (κ2) is 4.18. The molecule has 1 aliphatic heterocycles. The van der Waals surface area contributed by atoms with Crippen molar-refractivity contribution in [1.82, 2.24) is 10.4 Å². The zero-order valence-electron chi connectivity index (χ0n) is 6.69. The van der Waals surface area contributed by atoms with Crippen molar-refractivity contribution in [3.8, 4) is 0 Å². The molecule has 1 rings (SSSR count). The Balaban J connectivity index is 2.30. The molecule has 2 N–H and O–H groups in total. The third-order valence-electron chi connectivity index (χ3n) is 1.89. The Morgan fingerprint density at radius 3 is 3.08 bits per heavy atom. The van der Waals surface area contributed by atoms with E-state index in [2.05, 4.69) is 5.43 Å². The highest BCUT2D eigenvalue weighted by Crippen LogP contribution is 2.11. The Morgan fingerprint density at radius 1 is 1.75 bits per heavy atom. The molecule has 0 bridgehead atoms. The molecule has 0 radical (unpaired) electrons. The lowest BCUT2D eigenvalue weighted by atomic mass is 10.2. The van der Waals surface area contributed by atoms with Gasteiger partial charge in [-0.2, -0.15) is 0 Å². The lowest BCUT2D eigenvalue weighted by Crippen LogP contribution is -2.44. The van der Waals surface area contributed by atoms with Crippen molar-refractivity contribution in [1.29, 1.82) is 0 Å². The Morgan fingerprint density at radius 2 is 2.50 bits per heavy atom. The zero-order chi connectivity index (χ0) is 8.97. The topological polar surface area (TPSA) is 69.6 Å². The molecule has 0 aromatic rings. The van der Waals surface area contributed by atoms with Crippen LogP contribution in [0.2, 0.25) is 0 Å². The first kappa shape index (κ1) is 9.15. The fourth-order valence-corrected chi connectivity index (χ4v) is 1.30. The summed E-state index contributed by atoms with van der Waals surface area (Å²) in [5.41, 5.74) is 2.68. The van der Waals surface area contributed by atoms with Crippen LogP contribution in [0.3, 0.4) is 0 Å². The number of carboxylic acid groups (broad SMARTS) is 1. The van der Waals surface area contributed by atoms with Crippen LogP contribution in [-0.2, 0) is 9.59 Å². The standard InChI is InChI=1S/C7H12N2O3/c10-5-6-2-1-3-9(6)8-4-7(11)12/h5-6,8H,1-4H2,(H,11,12)/t6-/m0/s1. The molecular formula is C7H12N2O3. The summed E-state index contributed by atoms with van der Waals surface area (Å²) in [6.07, 6.45) is 2.61. The maximum absolute atomic E-state index is 10.4. The van der Waals surface area contributed by atoms with Crippen molar-refractivity contribution in [2.24, 2.45) is 0 Å². The summed E-state index contributed by atoms with van der Waals surface area (Å²) in [4.78, 5) is 20.6. The highest BCUT2D eigenvalue weighted by atomic mass is 16.4. The fraction of sp³-hybridized carbons (Fsp3) is 0.714. The number of hydrogen-bond acceptors (Lipinski definition) is 4. The molecule has 0 spiro atoms. The minimum Gasteiger partial charge on any atom is -0.480 e. The quantitative estimate of drug-likeness (QED) is 0.545. The highest BCUT2D eigenvalue weighted by molar-refractivity contribution is 5.69. The third-order valence-corrected chi connectivity index (χ3v) is 1.89. The van der Waals surface area contributed by atoms with Crippen LogP contribution in [0.4, 0.5) is 0 Å². The van der Waals surface area contributed by atoms with Crippen molar-refractivity contribution in [2.75, 3.05) is 13.1 Å².